The van der Waals surface area contributed by atoms with E-state index in [1.165, 1.54) is 12.1 Å². The van der Waals surface area contributed by atoms with E-state index < -0.39 is 12.2 Å². The minimum Gasteiger partial charge on any atom is -0.508 e. The van der Waals surface area contributed by atoms with Gasteiger partial charge in [-0.25, -0.2) is 0 Å². The molecule has 0 spiro atoms. The lowest BCUT2D eigenvalue weighted by atomic mass is 10.0. The van der Waals surface area contributed by atoms with E-state index in [0.29, 0.717) is 17.9 Å². The Morgan fingerprint density at radius 2 is 1.63 bits per heavy atom. The summed E-state index contributed by atoms with van der Waals surface area (Å²) in [5.74, 6) is 0.873. The van der Waals surface area contributed by atoms with Crippen LogP contribution in [0.3, 0.4) is 0 Å². The Bertz CT molecular complexity index is 866. The normalized spacial score (nSPS) is 14.6. The molecule has 3 aromatic carbocycles. The van der Waals surface area contributed by atoms with Crippen LogP contribution < -0.4 is 10.1 Å². The number of nitrogens with one attached hydrogen (secondary N) is 1. The first-order chi connectivity index (χ1) is 13.0. The predicted molar refractivity (Wildman–Crippen MR) is 106 cm³/mol. The van der Waals surface area contributed by atoms with Crippen molar-refractivity contribution in [1.29, 1.82) is 0 Å². The highest BCUT2D eigenvalue weighted by atomic mass is 16.5. The van der Waals surface area contributed by atoms with Crippen molar-refractivity contribution in [2.45, 2.75) is 25.2 Å². The molecule has 0 radical (unpaired) electrons. The lowest BCUT2D eigenvalue weighted by molar-refractivity contribution is 0.0876. The molecular weight excluding hydrogens is 342 g/mol. The highest BCUT2D eigenvalue weighted by Gasteiger charge is 2.17. The minimum absolute atomic E-state index is 0.160. The van der Waals surface area contributed by atoms with Gasteiger partial charge in [-0.15, -0.1) is 0 Å². The molecule has 3 atom stereocenters. The van der Waals surface area contributed by atoms with E-state index in [2.05, 4.69) is 5.32 Å². The maximum absolute atomic E-state index is 10.3. The SMILES string of the molecule is C[C@H](NC[C@H](O)COc1ccc2ccccc2c1)[C@H](O)c1ccc(O)cc1. The topological polar surface area (TPSA) is 82.0 Å². The lowest BCUT2D eigenvalue weighted by Gasteiger charge is -2.22. The third-order valence-electron chi connectivity index (χ3n) is 4.55. The summed E-state index contributed by atoms with van der Waals surface area (Å²) >= 11 is 0. The first kappa shape index (κ1) is 19.2. The Morgan fingerprint density at radius 1 is 0.926 bits per heavy atom. The summed E-state index contributed by atoms with van der Waals surface area (Å²) in [6.07, 6.45) is -1.44. The average Bonchev–Trinajstić information content (AvgIpc) is 2.70. The number of benzene rings is 3. The molecular formula is C22H25NO4. The molecule has 0 fully saturated rings. The highest BCUT2D eigenvalue weighted by molar-refractivity contribution is 5.83. The smallest absolute Gasteiger partial charge is 0.120 e. The molecule has 0 aliphatic heterocycles. The fourth-order valence-corrected chi connectivity index (χ4v) is 2.90. The summed E-state index contributed by atoms with van der Waals surface area (Å²) in [6, 6.07) is 20.0. The molecule has 5 heteroatoms. The molecule has 0 saturated heterocycles. The largest absolute Gasteiger partial charge is 0.508 e. The van der Waals surface area contributed by atoms with Gasteiger partial charge in [-0.2, -0.15) is 0 Å². The number of rotatable bonds is 8. The molecule has 0 saturated carbocycles. The van der Waals surface area contributed by atoms with Crippen molar-refractivity contribution in [1.82, 2.24) is 5.32 Å². The van der Waals surface area contributed by atoms with Gasteiger partial charge in [0.2, 0.25) is 0 Å². The summed E-state index contributed by atoms with van der Waals surface area (Å²) in [5, 5.41) is 35.2. The van der Waals surface area contributed by atoms with E-state index in [9.17, 15) is 15.3 Å². The second kappa shape index (κ2) is 8.86. The van der Waals surface area contributed by atoms with Crippen molar-refractivity contribution in [3.63, 3.8) is 0 Å². The quantitative estimate of drug-likeness (QED) is 0.492. The van der Waals surface area contributed by atoms with Crippen LogP contribution in [0.15, 0.2) is 66.7 Å². The third kappa shape index (κ3) is 5.20. The first-order valence-corrected chi connectivity index (χ1v) is 9.03. The van der Waals surface area contributed by atoms with Crippen LogP contribution in [0.4, 0.5) is 0 Å². The molecule has 27 heavy (non-hydrogen) atoms. The number of aromatic hydroxyl groups is 1. The van der Waals surface area contributed by atoms with Crippen LogP contribution >= 0.6 is 0 Å². The molecule has 3 rings (SSSR count). The van der Waals surface area contributed by atoms with Crippen molar-refractivity contribution < 1.29 is 20.1 Å². The van der Waals surface area contributed by atoms with Crippen molar-refractivity contribution >= 4 is 10.8 Å². The van der Waals surface area contributed by atoms with Crippen molar-refractivity contribution in [3.8, 4) is 11.5 Å². The molecule has 0 amide bonds. The monoisotopic (exact) mass is 367 g/mol. The Labute approximate surface area is 158 Å². The molecule has 0 aliphatic rings. The van der Waals surface area contributed by atoms with Gasteiger partial charge in [0, 0.05) is 12.6 Å². The van der Waals surface area contributed by atoms with Crippen molar-refractivity contribution in [2.24, 2.45) is 0 Å². The summed E-state index contributed by atoms with van der Waals surface area (Å²) in [7, 11) is 0. The number of aliphatic hydroxyl groups is 2. The van der Waals surface area contributed by atoms with E-state index in [1.807, 2.05) is 49.4 Å². The van der Waals surface area contributed by atoms with Gasteiger partial charge < -0.3 is 25.4 Å². The zero-order valence-electron chi connectivity index (χ0n) is 15.2. The van der Waals surface area contributed by atoms with Gasteiger partial charge >= 0.3 is 0 Å². The zero-order chi connectivity index (χ0) is 19.2. The zero-order valence-corrected chi connectivity index (χ0v) is 15.2. The molecule has 0 unspecified atom stereocenters. The first-order valence-electron chi connectivity index (χ1n) is 9.03. The van der Waals surface area contributed by atoms with Crippen LogP contribution in [-0.2, 0) is 0 Å². The third-order valence-corrected chi connectivity index (χ3v) is 4.55. The standard InChI is InChI=1S/C22H25NO4/c1-15(22(26)17-6-9-19(24)10-7-17)23-13-20(25)14-27-21-11-8-16-4-2-3-5-18(16)12-21/h2-12,15,20,22-26H,13-14H2,1H3/t15-,20-,22-/m0/s1. The summed E-state index contributed by atoms with van der Waals surface area (Å²) in [4.78, 5) is 0. The second-order valence-corrected chi connectivity index (χ2v) is 6.71. The fraction of sp³-hybridized carbons (Fsp3) is 0.273. The fourth-order valence-electron chi connectivity index (χ4n) is 2.90. The van der Waals surface area contributed by atoms with Gasteiger partial charge in [0.1, 0.15) is 24.2 Å². The van der Waals surface area contributed by atoms with Crippen LogP contribution in [0.2, 0.25) is 0 Å². The van der Waals surface area contributed by atoms with Gasteiger partial charge in [0.05, 0.1) is 6.10 Å². The van der Waals surface area contributed by atoms with Gasteiger partial charge in [-0.05, 0) is 47.5 Å². The highest BCUT2D eigenvalue weighted by Crippen LogP contribution is 2.21. The molecule has 5 nitrogen and oxygen atoms in total. The summed E-state index contributed by atoms with van der Waals surface area (Å²) < 4.78 is 5.69. The Hall–Kier alpha value is -2.60. The Morgan fingerprint density at radius 3 is 2.37 bits per heavy atom. The molecule has 0 heterocycles. The number of hydrogen-bond acceptors (Lipinski definition) is 5. The van der Waals surface area contributed by atoms with Gasteiger partial charge in [-0.3, -0.25) is 0 Å². The van der Waals surface area contributed by atoms with Crippen molar-refractivity contribution in [2.75, 3.05) is 13.2 Å². The second-order valence-electron chi connectivity index (χ2n) is 6.71. The Kier molecular flexibility index (Phi) is 6.29. The maximum Gasteiger partial charge on any atom is 0.120 e. The van der Waals surface area contributed by atoms with Crippen LogP contribution in [-0.4, -0.2) is 40.6 Å². The number of aliphatic hydroxyl groups excluding tert-OH is 2. The maximum atomic E-state index is 10.3. The summed E-state index contributed by atoms with van der Waals surface area (Å²) in [6.45, 7) is 2.30. The van der Waals surface area contributed by atoms with Gasteiger partial charge in [-0.1, -0.05) is 42.5 Å². The van der Waals surface area contributed by atoms with E-state index in [0.717, 1.165) is 10.8 Å². The molecule has 3 aromatic rings. The molecule has 0 aromatic heterocycles. The molecule has 4 N–H and O–H groups in total. The van der Waals surface area contributed by atoms with Crippen LogP contribution in [0, 0.1) is 0 Å². The van der Waals surface area contributed by atoms with Gasteiger partial charge in [0.15, 0.2) is 0 Å². The van der Waals surface area contributed by atoms with E-state index >= 15 is 0 Å². The van der Waals surface area contributed by atoms with E-state index in [-0.39, 0.29) is 18.4 Å². The average molecular weight is 367 g/mol. The molecule has 0 aliphatic carbocycles. The van der Waals surface area contributed by atoms with Crippen LogP contribution in [0.5, 0.6) is 11.5 Å². The number of phenols is 1. The Balaban J connectivity index is 1.47. The lowest BCUT2D eigenvalue weighted by Crippen LogP contribution is -2.39. The molecule has 142 valence electrons. The molecule has 0 bridgehead atoms. The summed E-state index contributed by atoms with van der Waals surface area (Å²) in [5.41, 5.74) is 0.703. The van der Waals surface area contributed by atoms with Gasteiger partial charge in [0.25, 0.3) is 0 Å². The number of fused-ring (bicyclic) bond motifs is 1. The minimum atomic E-state index is -0.737. The van der Waals surface area contributed by atoms with E-state index in [1.54, 1.807) is 12.1 Å². The van der Waals surface area contributed by atoms with Crippen molar-refractivity contribution in [3.05, 3.63) is 72.3 Å². The van der Waals surface area contributed by atoms with Crippen LogP contribution in [0.25, 0.3) is 10.8 Å². The van der Waals surface area contributed by atoms with E-state index in [4.69, 9.17) is 4.74 Å². The number of hydrogen-bond donors (Lipinski definition) is 4. The van der Waals surface area contributed by atoms with Crippen LogP contribution in [0.1, 0.15) is 18.6 Å². The predicted octanol–water partition coefficient (Wildman–Crippen LogP) is 3.00. The number of ether oxygens (including phenoxy) is 1. The number of phenolic OH excluding ortho intramolecular Hbond substituents is 1.